The Labute approximate surface area is 167 Å². The summed E-state index contributed by atoms with van der Waals surface area (Å²) in [6.45, 7) is 3.61. The molecule has 0 saturated heterocycles. The maximum atomic E-state index is 12.7. The molecular weight excluding hydrogens is 382 g/mol. The first-order chi connectivity index (χ1) is 13.3. The zero-order valence-corrected chi connectivity index (χ0v) is 16.7. The quantitative estimate of drug-likeness (QED) is 0.489. The van der Waals surface area contributed by atoms with E-state index in [0.29, 0.717) is 17.9 Å². The van der Waals surface area contributed by atoms with Crippen LogP contribution in [0.3, 0.4) is 0 Å². The minimum absolute atomic E-state index is 0.130. The minimum Gasteiger partial charge on any atom is -0.464 e. The lowest BCUT2D eigenvalue weighted by atomic mass is 10.1. The van der Waals surface area contributed by atoms with Crippen LogP contribution in [0.2, 0.25) is 0 Å². The smallest absolute Gasteiger partial charge is 0.270 e. The number of non-ortho nitro benzene ring substituents is 1. The Balaban J connectivity index is 2.09. The van der Waals surface area contributed by atoms with Crippen LogP contribution in [0.5, 0.6) is 0 Å². The minimum atomic E-state index is -0.766. The van der Waals surface area contributed by atoms with Gasteiger partial charge in [0.15, 0.2) is 0 Å². The van der Waals surface area contributed by atoms with E-state index in [1.165, 1.54) is 24.3 Å². The molecule has 2 aromatic rings. The van der Waals surface area contributed by atoms with Crippen LogP contribution < -0.4 is 10.6 Å². The SMILES string of the molecule is CSCCC(NC(=O)c1cccc([N+](=O)[O-])c1)C(=O)NC(C)c1ccc(C)o1. The molecule has 0 radical (unpaired) electrons. The van der Waals surface area contributed by atoms with E-state index in [9.17, 15) is 19.7 Å². The van der Waals surface area contributed by atoms with Gasteiger partial charge in [-0.15, -0.1) is 0 Å². The fraction of sp³-hybridized carbons (Fsp3) is 0.368. The number of hydrogen-bond acceptors (Lipinski definition) is 6. The molecule has 2 rings (SSSR count). The number of benzene rings is 1. The zero-order valence-electron chi connectivity index (χ0n) is 15.9. The molecule has 0 fully saturated rings. The van der Waals surface area contributed by atoms with Crippen LogP contribution in [0, 0.1) is 17.0 Å². The predicted octanol–water partition coefficient (Wildman–Crippen LogP) is 3.23. The molecule has 9 heteroatoms. The summed E-state index contributed by atoms with van der Waals surface area (Å²) in [7, 11) is 0. The number of carbonyl (C=O) groups is 2. The van der Waals surface area contributed by atoms with Crippen LogP contribution in [0.4, 0.5) is 5.69 Å². The second-order valence-electron chi connectivity index (χ2n) is 6.29. The first-order valence-corrected chi connectivity index (χ1v) is 10.1. The van der Waals surface area contributed by atoms with Gasteiger partial charge in [0.1, 0.15) is 17.6 Å². The van der Waals surface area contributed by atoms with Crippen molar-refractivity contribution in [3.05, 3.63) is 63.6 Å². The molecule has 2 amide bonds. The number of nitrogens with one attached hydrogen (secondary N) is 2. The molecule has 2 N–H and O–H groups in total. The number of rotatable bonds is 9. The average Bonchev–Trinajstić information content (AvgIpc) is 3.11. The first-order valence-electron chi connectivity index (χ1n) is 8.72. The molecule has 0 saturated carbocycles. The highest BCUT2D eigenvalue weighted by Gasteiger charge is 2.24. The number of furan rings is 1. The standard InChI is InChI=1S/C19H23N3O5S/c1-12-7-8-17(27-12)13(2)20-19(24)16(9-10-28-3)21-18(23)14-5-4-6-15(11-14)22(25)26/h4-8,11,13,16H,9-10H2,1-3H3,(H,20,24)(H,21,23). The number of hydrogen-bond donors (Lipinski definition) is 2. The van der Waals surface area contributed by atoms with Gasteiger partial charge >= 0.3 is 0 Å². The summed E-state index contributed by atoms with van der Waals surface area (Å²) in [6, 6.07) is 7.89. The van der Waals surface area contributed by atoms with Crippen molar-refractivity contribution >= 4 is 29.3 Å². The molecule has 28 heavy (non-hydrogen) atoms. The Morgan fingerprint density at radius 1 is 1.25 bits per heavy atom. The number of nitrogens with zero attached hydrogens (tertiary/aromatic N) is 1. The highest BCUT2D eigenvalue weighted by molar-refractivity contribution is 7.98. The molecule has 150 valence electrons. The van der Waals surface area contributed by atoms with Gasteiger partial charge in [0.25, 0.3) is 11.6 Å². The Bertz CT molecular complexity index is 852. The largest absolute Gasteiger partial charge is 0.464 e. The molecule has 2 atom stereocenters. The highest BCUT2D eigenvalue weighted by atomic mass is 32.2. The fourth-order valence-electron chi connectivity index (χ4n) is 2.58. The van der Waals surface area contributed by atoms with E-state index in [0.717, 1.165) is 5.76 Å². The summed E-state index contributed by atoms with van der Waals surface area (Å²) in [5.41, 5.74) is -0.0505. The van der Waals surface area contributed by atoms with Crippen molar-refractivity contribution < 1.29 is 18.9 Å². The first kappa shape index (κ1) is 21.5. The predicted molar refractivity (Wildman–Crippen MR) is 107 cm³/mol. The van der Waals surface area contributed by atoms with Crippen LogP contribution in [0.25, 0.3) is 0 Å². The van der Waals surface area contributed by atoms with Gasteiger partial charge in [0.05, 0.1) is 11.0 Å². The van der Waals surface area contributed by atoms with E-state index in [1.807, 2.05) is 19.2 Å². The van der Waals surface area contributed by atoms with Crippen molar-refractivity contribution in [3.8, 4) is 0 Å². The summed E-state index contributed by atoms with van der Waals surface area (Å²) in [6.07, 6.45) is 2.34. The van der Waals surface area contributed by atoms with Crippen LogP contribution in [0.1, 0.15) is 41.3 Å². The number of nitro benzene ring substituents is 1. The van der Waals surface area contributed by atoms with Crippen LogP contribution in [-0.4, -0.2) is 34.8 Å². The van der Waals surface area contributed by atoms with Gasteiger partial charge in [-0.05, 0) is 50.5 Å². The third-order valence-corrected chi connectivity index (χ3v) is 4.74. The van der Waals surface area contributed by atoms with Crippen LogP contribution in [-0.2, 0) is 4.79 Å². The van der Waals surface area contributed by atoms with E-state index in [2.05, 4.69) is 10.6 Å². The molecule has 1 heterocycles. The summed E-state index contributed by atoms with van der Waals surface area (Å²) in [5.74, 6) is 1.16. The van der Waals surface area contributed by atoms with E-state index < -0.39 is 16.9 Å². The van der Waals surface area contributed by atoms with Gasteiger partial charge in [0.2, 0.25) is 5.91 Å². The van der Waals surface area contributed by atoms with E-state index >= 15 is 0 Å². The molecule has 1 aromatic heterocycles. The van der Waals surface area contributed by atoms with Gasteiger partial charge in [0, 0.05) is 17.7 Å². The monoisotopic (exact) mass is 405 g/mol. The van der Waals surface area contributed by atoms with Crippen LogP contribution in [0.15, 0.2) is 40.8 Å². The topological polar surface area (TPSA) is 114 Å². The summed E-state index contributed by atoms with van der Waals surface area (Å²) < 4.78 is 5.52. The summed E-state index contributed by atoms with van der Waals surface area (Å²) >= 11 is 1.56. The fourth-order valence-corrected chi connectivity index (χ4v) is 3.05. The van der Waals surface area contributed by atoms with Gasteiger partial charge in [-0.25, -0.2) is 0 Å². The lowest BCUT2D eigenvalue weighted by Crippen LogP contribution is -2.47. The van der Waals surface area contributed by atoms with Crippen molar-refractivity contribution in [1.29, 1.82) is 0 Å². The molecule has 0 aliphatic rings. The van der Waals surface area contributed by atoms with Gasteiger partial charge in [-0.1, -0.05) is 6.07 Å². The van der Waals surface area contributed by atoms with E-state index in [1.54, 1.807) is 24.8 Å². The van der Waals surface area contributed by atoms with E-state index in [4.69, 9.17) is 4.42 Å². The maximum Gasteiger partial charge on any atom is 0.270 e. The normalized spacial score (nSPS) is 12.8. The zero-order chi connectivity index (χ0) is 20.7. The van der Waals surface area contributed by atoms with Gasteiger partial charge in [-0.3, -0.25) is 19.7 Å². The number of aryl methyl sites for hydroxylation is 1. The summed E-state index contributed by atoms with van der Waals surface area (Å²) in [4.78, 5) is 35.5. The third kappa shape index (κ3) is 5.85. The van der Waals surface area contributed by atoms with Crippen LogP contribution >= 0.6 is 11.8 Å². The number of nitro groups is 1. The molecule has 0 aliphatic heterocycles. The van der Waals surface area contributed by atoms with Crippen molar-refractivity contribution in [1.82, 2.24) is 10.6 Å². The Morgan fingerprint density at radius 3 is 2.61 bits per heavy atom. The average molecular weight is 405 g/mol. The van der Waals surface area contributed by atoms with Crippen molar-refractivity contribution in [3.63, 3.8) is 0 Å². The molecule has 8 nitrogen and oxygen atoms in total. The van der Waals surface area contributed by atoms with Gasteiger partial charge in [-0.2, -0.15) is 11.8 Å². The van der Waals surface area contributed by atoms with Crippen molar-refractivity contribution in [2.24, 2.45) is 0 Å². The Hall–Kier alpha value is -2.81. The Kier molecular flexibility index (Phi) is 7.62. The third-order valence-electron chi connectivity index (χ3n) is 4.10. The summed E-state index contributed by atoms with van der Waals surface area (Å²) in [5, 5.41) is 16.4. The molecule has 1 aromatic carbocycles. The molecule has 2 unspecified atom stereocenters. The van der Waals surface area contributed by atoms with Gasteiger partial charge < -0.3 is 15.1 Å². The number of carbonyl (C=O) groups excluding carboxylic acids is 2. The molecule has 0 aliphatic carbocycles. The maximum absolute atomic E-state index is 12.7. The second kappa shape index (κ2) is 9.93. The van der Waals surface area contributed by atoms with E-state index in [-0.39, 0.29) is 23.2 Å². The molecule has 0 bridgehead atoms. The lowest BCUT2D eigenvalue weighted by Gasteiger charge is -2.20. The van der Waals surface area contributed by atoms with Crippen molar-refractivity contribution in [2.45, 2.75) is 32.4 Å². The highest BCUT2D eigenvalue weighted by Crippen LogP contribution is 2.17. The number of amides is 2. The molecular formula is C19H23N3O5S. The lowest BCUT2D eigenvalue weighted by molar-refractivity contribution is -0.384. The molecule has 0 spiro atoms. The Morgan fingerprint density at radius 2 is 2.00 bits per heavy atom. The number of thioether (sulfide) groups is 1. The second-order valence-corrected chi connectivity index (χ2v) is 7.28. The van der Waals surface area contributed by atoms with Crippen molar-refractivity contribution in [2.75, 3.05) is 12.0 Å².